The first-order valence-corrected chi connectivity index (χ1v) is 6.72. The molecule has 3 heteroatoms. The van der Waals surface area contributed by atoms with Gasteiger partial charge in [-0.05, 0) is 29.8 Å². The summed E-state index contributed by atoms with van der Waals surface area (Å²) in [4.78, 5) is 2.14. The maximum absolute atomic E-state index is 8.95. The van der Waals surface area contributed by atoms with Crippen LogP contribution < -0.4 is 9.64 Å². The fourth-order valence-electron chi connectivity index (χ4n) is 2.58. The Labute approximate surface area is 119 Å². The zero-order valence-corrected chi connectivity index (χ0v) is 11.4. The largest absolute Gasteiger partial charge is 0.488 e. The number of rotatable bonds is 3. The summed E-state index contributed by atoms with van der Waals surface area (Å²) in [6.07, 6.45) is 1.11. The Morgan fingerprint density at radius 3 is 2.90 bits per heavy atom. The van der Waals surface area contributed by atoms with Crippen LogP contribution >= 0.6 is 0 Å². The molecule has 1 aliphatic rings. The molecule has 0 fully saturated rings. The van der Waals surface area contributed by atoms with Gasteiger partial charge >= 0.3 is 0 Å². The Morgan fingerprint density at radius 1 is 1.25 bits per heavy atom. The molecule has 0 spiro atoms. The Kier molecular flexibility index (Phi) is 3.30. The monoisotopic (exact) mass is 264 g/mol. The maximum atomic E-state index is 8.95. The van der Waals surface area contributed by atoms with Crippen LogP contribution in [0.15, 0.2) is 48.5 Å². The van der Waals surface area contributed by atoms with Gasteiger partial charge in [-0.2, -0.15) is 5.26 Å². The fraction of sp³-hybridized carbons (Fsp3) is 0.235. The van der Waals surface area contributed by atoms with Gasteiger partial charge in [0.15, 0.2) is 0 Å². The number of hydrogen-bond donors (Lipinski definition) is 0. The van der Waals surface area contributed by atoms with Gasteiger partial charge < -0.3 is 9.64 Å². The van der Waals surface area contributed by atoms with Crippen molar-refractivity contribution in [2.45, 2.75) is 12.5 Å². The molecular formula is C17H16N2O. The minimum Gasteiger partial charge on any atom is -0.488 e. The molecule has 0 aliphatic carbocycles. The van der Waals surface area contributed by atoms with Crippen molar-refractivity contribution in [3.05, 3.63) is 59.7 Å². The maximum Gasteiger partial charge on any atom is 0.123 e. The molecule has 0 radical (unpaired) electrons. The van der Waals surface area contributed by atoms with E-state index in [1.165, 1.54) is 5.56 Å². The Morgan fingerprint density at radius 2 is 2.10 bits per heavy atom. The summed E-state index contributed by atoms with van der Waals surface area (Å²) >= 11 is 0. The number of para-hydroxylation sites is 1. The van der Waals surface area contributed by atoms with E-state index in [1.54, 1.807) is 0 Å². The third-order valence-corrected chi connectivity index (χ3v) is 3.61. The van der Waals surface area contributed by atoms with Crippen LogP contribution in [0.2, 0.25) is 0 Å². The van der Waals surface area contributed by atoms with Gasteiger partial charge in [0, 0.05) is 19.2 Å². The van der Waals surface area contributed by atoms with Crippen LogP contribution in [0.5, 0.6) is 5.75 Å². The summed E-state index contributed by atoms with van der Waals surface area (Å²) < 4.78 is 5.95. The van der Waals surface area contributed by atoms with E-state index in [-0.39, 0.29) is 6.10 Å². The molecule has 0 N–H and O–H groups in total. The zero-order valence-electron chi connectivity index (χ0n) is 11.4. The molecule has 100 valence electrons. The summed E-state index contributed by atoms with van der Waals surface area (Å²) in [6.45, 7) is 0.809. The number of benzene rings is 2. The highest BCUT2D eigenvalue weighted by molar-refractivity contribution is 5.51. The van der Waals surface area contributed by atoms with Gasteiger partial charge in [0.25, 0.3) is 0 Å². The molecule has 0 saturated carbocycles. The molecule has 2 aromatic carbocycles. The number of ether oxygens (including phenoxy) is 1. The third kappa shape index (κ3) is 2.46. The predicted molar refractivity (Wildman–Crippen MR) is 79.0 cm³/mol. The lowest BCUT2D eigenvalue weighted by atomic mass is 10.1. The highest BCUT2D eigenvalue weighted by Crippen LogP contribution is 2.29. The van der Waals surface area contributed by atoms with Crippen molar-refractivity contribution in [3.63, 3.8) is 0 Å². The van der Waals surface area contributed by atoms with Gasteiger partial charge in [-0.3, -0.25) is 0 Å². The SMILES string of the molecule is CN(CC1Cc2ccccc2O1)c1cccc(C#N)c1. The molecule has 20 heavy (non-hydrogen) atoms. The minimum atomic E-state index is 0.170. The average Bonchev–Trinajstić information content (AvgIpc) is 2.89. The lowest BCUT2D eigenvalue weighted by molar-refractivity contribution is 0.239. The van der Waals surface area contributed by atoms with Crippen molar-refractivity contribution in [1.29, 1.82) is 5.26 Å². The molecule has 1 heterocycles. The number of likely N-dealkylation sites (N-methyl/N-ethyl adjacent to an activating group) is 1. The van der Waals surface area contributed by atoms with Crippen LogP contribution in [-0.2, 0) is 6.42 Å². The second-order valence-electron chi connectivity index (χ2n) is 5.09. The average molecular weight is 264 g/mol. The molecule has 1 atom stereocenters. The Hall–Kier alpha value is -2.47. The van der Waals surface area contributed by atoms with E-state index in [9.17, 15) is 0 Å². The van der Waals surface area contributed by atoms with Crippen LogP contribution in [-0.4, -0.2) is 19.7 Å². The van der Waals surface area contributed by atoms with Crippen LogP contribution in [0.25, 0.3) is 0 Å². The first kappa shape index (κ1) is 12.6. The van der Waals surface area contributed by atoms with Crippen molar-refractivity contribution >= 4 is 5.69 Å². The van der Waals surface area contributed by atoms with Crippen molar-refractivity contribution in [3.8, 4) is 11.8 Å². The first-order chi connectivity index (χ1) is 9.76. The van der Waals surface area contributed by atoms with Gasteiger partial charge in [0.05, 0.1) is 18.2 Å². The van der Waals surface area contributed by atoms with Crippen molar-refractivity contribution in [1.82, 2.24) is 0 Å². The number of nitriles is 1. The molecule has 1 aliphatic heterocycles. The highest BCUT2D eigenvalue weighted by Gasteiger charge is 2.23. The zero-order chi connectivity index (χ0) is 13.9. The van der Waals surface area contributed by atoms with Gasteiger partial charge in [-0.15, -0.1) is 0 Å². The standard InChI is InChI=1S/C17H16N2O/c1-19(15-7-4-5-13(9-15)11-18)12-16-10-14-6-2-3-8-17(14)20-16/h2-9,16H,10,12H2,1H3. The molecule has 3 rings (SSSR count). The molecule has 0 amide bonds. The van der Waals surface area contributed by atoms with E-state index in [1.807, 2.05) is 49.5 Å². The fourth-order valence-corrected chi connectivity index (χ4v) is 2.58. The van der Waals surface area contributed by atoms with E-state index in [0.29, 0.717) is 5.56 Å². The number of fused-ring (bicyclic) bond motifs is 1. The quantitative estimate of drug-likeness (QED) is 0.855. The molecule has 3 nitrogen and oxygen atoms in total. The van der Waals surface area contributed by atoms with Gasteiger partial charge in [0.1, 0.15) is 11.9 Å². The van der Waals surface area contributed by atoms with Crippen LogP contribution in [0.4, 0.5) is 5.69 Å². The van der Waals surface area contributed by atoms with Crippen LogP contribution in [0.1, 0.15) is 11.1 Å². The molecule has 0 aromatic heterocycles. The molecule has 0 bridgehead atoms. The van der Waals surface area contributed by atoms with Gasteiger partial charge in [-0.25, -0.2) is 0 Å². The second-order valence-corrected chi connectivity index (χ2v) is 5.09. The van der Waals surface area contributed by atoms with E-state index in [2.05, 4.69) is 17.0 Å². The summed E-state index contributed by atoms with van der Waals surface area (Å²) in [5.41, 5.74) is 3.00. The van der Waals surface area contributed by atoms with E-state index in [0.717, 1.165) is 24.4 Å². The number of nitrogens with zero attached hydrogens (tertiary/aromatic N) is 2. The summed E-state index contributed by atoms with van der Waals surface area (Å²) in [6, 6.07) is 18.0. The minimum absolute atomic E-state index is 0.170. The lowest BCUT2D eigenvalue weighted by Crippen LogP contribution is -2.31. The molecule has 1 unspecified atom stereocenters. The summed E-state index contributed by atoms with van der Waals surface area (Å²) in [5, 5.41) is 8.95. The second kappa shape index (κ2) is 5.26. The molecule has 0 saturated heterocycles. The van der Waals surface area contributed by atoms with Crippen LogP contribution in [0.3, 0.4) is 0 Å². The number of hydrogen-bond acceptors (Lipinski definition) is 3. The lowest BCUT2D eigenvalue weighted by Gasteiger charge is -2.23. The Bertz CT molecular complexity index is 635. The van der Waals surface area contributed by atoms with Crippen molar-refractivity contribution in [2.24, 2.45) is 0 Å². The topological polar surface area (TPSA) is 36.3 Å². The van der Waals surface area contributed by atoms with E-state index >= 15 is 0 Å². The Balaban J connectivity index is 1.69. The number of anilines is 1. The molecule has 2 aromatic rings. The first-order valence-electron chi connectivity index (χ1n) is 6.72. The normalized spacial score (nSPS) is 16.1. The third-order valence-electron chi connectivity index (χ3n) is 3.61. The van der Waals surface area contributed by atoms with E-state index in [4.69, 9.17) is 10.00 Å². The predicted octanol–water partition coefficient (Wildman–Crippen LogP) is 3.00. The van der Waals surface area contributed by atoms with Crippen molar-refractivity contribution in [2.75, 3.05) is 18.5 Å². The van der Waals surface area contributed by atoms with Crippen LogP contribution in [0, 0.1) is 11.3 Å². The van der Waals surface area contributed by atoms with E-state index < -0.39 is 0 Å². The van der Waals surface area contributed by atoms with Crippen molar-refractivity contribution < 1.29 is 4.74 Å². The highest BCUT2D eigenvalue weighted by atomic mass is 16.5. The smallest absolute Gasteiger partial charge is 0.123 e. The molecular weight excluding hydrogens is 248 g/mol. The summed E-state index contributed by atoms with van der Waals surface area (Å²) in [7, 11) is 2.03. The summed E-state index contributed by atoms with van der Waals surface area (Å²) in [5.74, 6) is 0.997. The van der Waals surface area contributed by atoms with Gasteiger partial charge in [-0.1, -0.05) is 24.3 Å². The van der Waals surface area contributed by atoms with Gasteiger partial charge in [0.2, 0.25) is 0 Å².